The molecule has 2 aromatic rings. The summed E-state index contributed by atoms with van der Waals surface area (Å²) in [6.07, 6.45) is 1.88. The summed E-state index contributed by atoms with van der Waals surface area (Å²) in [5.41, 5.74) is 3.92. The number of hydrogen-bond acceptors (Lipinski definition) is 3. The molecule has 0 spiro atoms. The lowest BCUT2D eigenvalue weighted by atomic mass is 10.0. The van der Waals surface area contributed by atoms with E-state index in [1.807, 2.05) is 12.3 Å². The first kappa shape index (κ1) is 15.4. The molecule has 3 heteroatoms. The van der Waals surface area contributed by atoms with Crippen molar-refractivity contribution in [3.05, 3.63) is 41.6 Å². The van der Waals surface area contributed by atoms with Gasteiger partial charge in [0, 0.05) is 49.8 Å². The van der Waals surface area contributed by atoms with Gasteiger partial charge >= 0.3 is 0 Å². The quantitative estimate of drug-likeness (QED) is 0.865. The van der Waals surface area contributed by atoms with Crippen LogP contribution in [-0.4, -0.2) is 46.5 Å². The predicted octanol–water partition coefficient (Wildman–Crippen LogP) is 3.46. The molecule has 1 fully saturated rings. The number of piperazine rings is 1. The topological polar surface area (TPSA) is 19.4 Å². The molecule has 118 valence electrons. The summed E-state index contributed by atoms with van der Waals surface area (Å²) in [5.74, 6) is 0. The first-order chi connectivity index (χ1) is 10.6. The molecule has 1 aliphatic heterocycles. The molecule has 0 bridgehead atoms. The van der Waals surface area contributed by atoms with Gasteiger partial charge in [-0.3, -0.25) is 14.8 Å². The van der Waals surface area contributed by atoms with Crippen molar-refractivity contribution in [2.24, 2.45) is 0 Å². The standard InChI is InChI=1S/C19H27N3/c1-14(2)22-11-10-21(12-16(22)4)13-18-15(3)7-8-19-17(18)6-5-9-20-19/h5-9,14,16H,10-13H2,1-4H3/t16-/m1/s1. The van der Waals surface area contributed by atoms with E-state index in [1.165, 1.54) is 23.1 Å². The number of aryl methyl sites for hydroxylation is 1. The van der Waals surface area contributed by atoms with Gasteiger partial charge in [0.05, 0.1) is 5.52 Å². The molecule has 1 aromatic carbocycles. The zero-order valence-electron chi connectivity index (χ0n) is 14.2. The Morgan fingerprint density at radius 3 is 2.77 bits per heavy atom. The minimum absolute atomic E-state index is 0.627. The lowest BCUT2D eigenvalue weighted by Gasteiger charge is -2.42. The zero-order chi connectivity index (χ0) is 15.7. The summed E-state index contributed by atoms with van der Waals surface area (Å²) in [6.45, 7) is 13.7. The molecular weight excluding hydrogens is 270 g/mol. The van der Waals surface area contributed by atoms with E-state index in [1.54, 1.807) is 0 Å². The van der Waals surface area contributed by atoms with Crippen LogP contribution >= 0.6 is 0 Å². The van der Waals surface area contributed by atoms with Crippen LogP contribution in [-0.2, 0) is 6.54 Å². The first-order valence-corrected chi connectivity index (χ1v) is 8.37. The Hall–Kier alpha value is -1.45. The van der Waals surface area contributed by atoms with Crippen LogP contribution < -0.4 is 0 Å². The second kappa shape index (κ2) is 6.35. The molecule has 0 N–H and O–H groups in total. The van der Waals surface area contributed by atoms with Crippen molar-refractivity contribution in [2.75, 3.05) is 19.6 Å². The normalized spacial score (nSPS) is 20.9. The number of fused-ring (bicyclic) bond motifs is 1. The smallest absolute Gasteiger partial charge is 0.0705 e. The summed E-state index contributed by atoms with van der Waals surface area (Å²) in [6, 6.07) is 9.86. The molecule has 1 saturated heterocycles. The van der Waals surface area contributed by atoms with E-state index in [0.29, 0.717) is 12.1 Å². The fraction of sp³-hybridized carbons (Fsp3) is 0.526. The van der Waals surface area contributed by atoms with Crippen LogP contribution in [0.15, 0.2) is 30.5 Å². The Morgan fingerprint density at radius 2 is 2.05 bits per heavy atom. The van der Waals surface area contributed by atoms with Crippen molar-refractivity contribution in [1.82, 2.24) is 14.8 Å². The molecular formula is C19H27N3. The maximum atomic E-state index is 4.50. The molecule has 1 atom stereocenters. The van der Waals surface area contributed by atoms with Gasteiger partial charge in [0.1, 0.15) is 0 Å². The molecule has 0 amide bonds. The average Bonchev–Trinajstić information content (AvgIpc) is 2.50. The molecule has 0 radical (unpaired) electrons. The van der Waals surface area contributed by atoms with Gasteiger partial charge in [-0.25, -0.2) is 0 Å². The molecule has 1 aromatic heterocycles. The predicted molar refractivity (Wildman–Crippen MR) is 93.1 cm³/mol. The van der Waals surface area contributed by atoms with Crippen LogP contribution in [0.5, 0.6) is 0 Å². The van der Waals surface area contributed by atoms with Gasteiger partial charge in [0.15, 0.2) is 0 Å². The third-order valence-electron chi connectivity index (χ3n) is 4.94. The van der Waals surface area contributed by atoms with Crippen LogP contribution in [0.2, 0.25) is 0 Å². The van der Waals surface area contributed by atoms with E-state index in [2.05, 4.69) is 60.7 Å². The van der Waals surface area contributed by atoms with Crippen molar-refractivity contribution in [3.8, 4) is 0 Å². The lowest BCUT2D eigenvalue weighted by Crippen LogP contribution is -2.53. The van der Waals surface area contributed by atoms with Gasteiger partial charge in [0.2, 0.25) is 0 Å². The monoisotopic (exact) mass is 297 g/mol. The summed E-state index contributed by atoms with van der Waals surface area (Å²) in [7, 11) is 0. The minimum atomic E-state index is 0.627. The Labute approximate surface area is 133 Å². The number of benzene rings is 1. The number of rotatable bonds is 3. The number of hydrogen-bond donors (Lipinski definition) is 0. The van der Waals surface area contributed by atoms with Crippen LogP contribution in [0.3, 0.4) is 0 Å². The Kier molecular flexibility index (Phi) is 4.46. The maximum absolute atomic E-state index is 4.50. The fourth-order valence-corrected chi connectivity index (χ4v) is 3.71. The van der Waals surface area contributed by atoms with E-state index in [0.717, 1.165) is 25.2 Å². The summed E-state index contributed by atoms with van der Waals surface area (Å²) in [4.78, 5) is 9.70. The molecule has 1 aliphatic rings. The van der Waals surface area contributed by atoms with Crippen LogP contribution in [0.4, 0.5) is 0 Å². The molecule has 3 rings (SSSR count). The molecule has 22 heavy (non-hydrogen) atoms. The Bertz CT molecular complexity index is 650. The lowest BCUT2D eigenvalue weighted by molar-refractivity contribution is 0.0565. The van der Waals surface area contributed by atoms with E-state index in [9.17, 15) is 0 Å². The van der Waals surface area contributed by atoms with E-state index in [4.69, 9.17) is 0 Å². The third-order valence-corrected chi connectivity index (χ3v) is 4.94. The third kappa shape index (κ3) is 3.01. The Morgan fingerprint density at radius 1 is 1.23 bits per heavy atom. The summed E-state index contributed by atoms with van der Waals surface area (Å²) < 4.78 is 0. The largest absolute Gasteiger partial charge is 0.296 e. The van der Waals surface area contributed by atoms with E-state index >= 15 is 0 Å². The highest BCUT2D eigenvalue weighted by Gasteiger charge is 2.25. The van der Waals surface area contributed by atoms with Gasteiger partial charge in [-0.15, -0.1) is 0 Å². The van der Waals surface area contributed by atoms with E-state index in [-0.39, 0.29) is 0 Å². The average molecular weight is 297 g/mol. The first-order valence-electron chi connectivity index (χ1n) is 8.37. The van der Waals surface area contributed by atoms with Crippen molar-refractivity contribution < 1.29 is 0 Å². The van der Waals surface area contributed by atoms with Gasteiger partial charge in [-0.2, -0.15) is 0 Å². The summed E-state index contributed by atoms with van der Waals surface area (Å²) >= 11 is 0. The molecule has 0 aliphatic carbocycles. The zero-order valence-corrected chi connectivity index (χ0v) is 14.2. The van der Waals surface area contributed by atoms with Crippen molar-refractivity contribution in [1.29, 1.82) is 0 Å². The second-order valence-electron chi connectivity index (χ2n) is 6.85. The highest BCUT2D eigenvalue weighted by molar-refractivity contribution is 5.83. The molecule has 3 nitrogen and oxygen atoms in total. The minimum Gasteiger partial charge on any atom is -0.296 e. The van der Waals surface area contributed by atoms with Gasteiger partial charge in [-0.1, -0.05) is 12.1 Å². The molecule has 2 heterocycles. The van der Waals surface area contributed by atoms with Crippen LogP contribution in [0.1, 0.15) is 31.9 Å². The summed E-state index contributed by atoms with van der Waals surface area (Å²) in [5, 5.41) is 1.31. The number of pyridine rings is 1. The SMILES string of the molecule is Cc1ccc2ncccc2c1CN1CCN(C(C)C)[C@H](C)C1. The Balaban J connectivity index is 1.81. The maximum Gasteiger partial charge on any atom is 0.0705 e. The highest BCUT2D eigenvalue weighted by Crippen LogP contribution is 2.23. The van der Waals surface area contributed by atoms with Gasteiger partial charge in [0.25, 0.3) is 0 Å². The highest BCUT2D eigenvalue weighted by atomic mass is 15.3. The van der Waals surface area contributed by atoms with Crippen LogP contribution in [0, 0.1) is 6.92 Å². The fourth-order valence-electron chi connectivity index (χ4n) is 3.71. The van der Waals surface area contributed by atoms with Gasteiger partial charge < -0.3 is 0 Å². The number of aromatic nitrogens is 1. The number of nitrogens with zero attached hydrogens (tertiary/aromatic N) is 3. The van der Waals surface area contributed by atoms with Crippen molar-refractivity contribution in [2.45, 2.75) is 46.3 Å². The van der Waals surface area contributed by atoms with Crippen molar-refractivity contribution in [3.63, 3.8) is 0 Å². The van der Waals surface area contributed by atoms with Crippen molar-refractivity contribution >= 4 is 10.9 Å². The van der Waals surface area contributed by atoms with E-state index < -0.39 is 0 Å². The van der Waals surface area contributed by atoms with Gasteiger partial charge in [-0.05, 0) is 51.0 Å². The molecule has 0 saturated carbocycles. The van der Waals surface area contributed by atoms with Crippen LogP contribution in [0.25, 0.3) is 10.9 Å². The molecule has 0 unspecified atom stereocenters. The second-order valence-corrected chi connectivity index (χ2v) is 6.85.